The monoisotopic (exact) mass is 361 g/mol. The molecule has 4 nitrogen and oxygen atoms in total. The van der Waals surface area contributed by atoms with Crippen LogP contribution in [0.5, 0.6) is 0 Å². The zero-order valence-electron chi connectivity index (χ0n) is 11.9. The molecule has 1 aliphatic rings. The van der Waals surface area contributed by atoms with Gasteiger partial charge >= 0.3 is 0 Å². The van der Waals surface area contributed by atoms with Gasteiger partial charge in [0.1, 0.15) is 0 Å². The first-order chi connectivity index (χ1) is 9.28. The van der Waals surface area contributed by atoms with Crippen molar-refractivity contribution in [1.29, 1.82) is 0 Å². The molecule has 0 aliphatic heterocycles. The number of aliphatic hydroxyl groups excluding tert-OH is 1. The number of aliphatic hydroxyl groups is 1. The average molecular weight is 362 g/mol. The van der Waals surface area contributed by atoms with Crippen LogP contribution in [0.15, 0.2) is 21.5 Å². The molecule has 0 saturated heterocycles. The lowest BCUT2D eigenvalue weighted by Crippen LogP contribution is -2.36. The molecule has 1 atom stereocenters. The zero-order valence-corrected chi connectivity index (χ0v) is 14.3. The van der Waals surface area contributed by atoms with E-state index in [-0.39, 0.29) is 17.5 Å². The summed E-state index contributed by atoms with van der Waals surface area (Å²) in [5, 5.41) is 9.27. The first-order valence-electron chi connectivity index (χ1n) is 6.67. The first-order valence-corrected chi connectivity index (χ1v) is 8.90. The molecule has 1 fully saturated rings. The molecule has 0 aromatic heterocycles. The summed E-state index contributed by atoms with van der Waals surface area (Å²) in [5.74, 6) is 0.468. The van der Waals surface area contributed by atoms with E-state index >= 15 is 0 Å². The van der Waals surface area contributed by atoms with Crippen LogP contribution in [0, 0.1) is 12.8 Å². The van der Waals surface area contributed by atoms with E-state index in [0.29, 0.717) is 16.0 Å². The number of aryl methyl sites for hydroxylation is 1. The minimum atomic E-state index is -3.55. The van der Waals surface area contributed by atoms with Crippen LogP contribution in [0.25, 0.3) is 0 Å². The van der Waals surface area contributed by atoms with Crippen molar-refractivity contribution in [2.75, 3.05) is 7.05 Å². The predicted molar refractivity (Wildman–Crippen MR) is 81.9 cm³/mol. The van der Waals surface area contributed by atoms with Gasteiger partial charge < -0.3 is 5.11 Å². The molecule has 1 aromatic carbocycles. The third kappa shape index (κ3) is 2.93. The van der Waals surface area contributed by atoms with Crippen LogP contribution in [0.3, 0.4) is 0 Å². The van der Waals surface area contributed by atoms with Crippen molar-refractivity contribution in [2.45, 2.75) is 44.2 Å². The number of benzene rings is 1. The second kappa shape index (κ2) is 5.75. The topological polar surface area (TPSA) is 57.6 Å². The van der Waals surface area contributed by atoms with Crippen LogP contribution in [-0.4, -0.2) is 30.9 Å². The molecule has 1 unspecified atom stereocenters. The Bertz CT molecular complexity index is 611. The summed E-state index contributed by atoms with van der Waals surface area (Å²) in [5.41, 5.74) is 1.42. The lowest BCUT2D eigenvalue weighted by Gasteiger charge is -2.25. The van der Waals surface area contributed by atoms with Crippen molar-refractivity contribution < 1.29 is 13.5 Å². The number of rotatable bonds is 5. The van der Waals surface area contributed by atoms with E-state index in [1.807, 2.05) is 13.8 Å². The third-order valence-electron chi connectivity index (χ3n) is 4.00. The Morgan fingerprint density at radius 2 is 2.05 bits per heavy atom. The fraction of sp³-hybridized carbons (Fsp3) is 0.571. The molecule has 1 aromatic rings. The Morgan fingerprint density at radius 3 is 2.55 bits per heavy atom. The number of hydrogen-bond acceptors (Lipinski definition) is 3. The fourth-order valence-corrected chi connectivity index (χ4v) is 4.79. The molecule has 20 heavy (non-hydrogen) atoms. The summed E-state index contributed by atoms with van der Waals surface area (Å²) in [6.45, 7) is 3.61. The van der Waals surface area contributed by atoms with Gasteiger partial charge in [-0.05, 0) is 65.7 Å². The first kappa shape index (κ1) is 15.9. The number of halogens is 1. The van der Waals surface area contributed by atoms with Crippen molar-refractivity contribution in [2.24, 2.45) is 5.92 Å². The Morgan fingerprint density at radius 1 is 1.45 bits per heavy atom. The van der Waals surface area contributed by atoms with Crippen LogP contribution < -0.4 is 0 Å². The van der Waals surface area contributed by atoms with E-state index in [9.17, 15) is 13.5 Å². The number of nitrogens with zero attached hydrogens (tertiary/aromatic N) is 1. The van der Waals surface area contributed by atoms with Gasteiger partial charge in [0.05, 0.1) is 11.5 Å². The van der Waals surface area contributed by atoms with Crippen molar-refractivity contribution in [3.05, 3.63) is 27.7 Å². The molecule has 6 heteroatoms. The quantitative estimate of drug-likeness (QED) is 0.876. The molecule has 1 N–H and O–H groups in total. The van der Waals surface area contributed by atoms with E-state index in [0.717, 1.165) is 18.4 Å². The Labute approximate surface area is 129 Å². The third-order valence-corrected chi connectivity index (χ3v) is 7.28. The van der Waals surface area contributed by atoms with Gasteiger partial charge in [-0.15, -0.1) is 0 Å². The highest BCUT2D eigenvalue weighted by molar-refractivity contribution is 9.10. The van der Waals surface area contributed by atoms with Gasteiger partial charge in [-0.3, -0.25) is 0 Å². The van der Waals surface area contributed by atoms with Gasteiger partial charge in [0.25, 0.3) is 0 Å². The molecule has 0 spiro atoms. The van der Waals surface area contributed by atoms with Gasteiger partial charge in [0.15, 0.2) is 0 Å². The molecule has 0 heterocycles. The Kier molecular flexibility index (Phi) is 4.59. The summed E-state index contributed by atoms with van der Waals surface area (Å²) >= 11 is 3.36. The van der Waals surface area contributed by atoms with Crippen molar-refractivity contribution >= 4 is 26.0 Å². The molecule has 0 bridgehead atoms. The van der Waals surface area contributed by atoms with Crippen LogP contribution in [-0.2, 0) is 16.6 Å². The highest BCUT2D eigenvalue weighted by atomic mass is 79.9. The number of sulfonamides is 1. The van der Waals surface area contributed by atoms with Gasteiger partial charge in [-0.1, -0.05) is 6.07 Å². The maximum Gasteiger partial charge on any atom is 0.244 e. The highest BCUT2D eigenvalue weighted by Gasteiger charge is 2.36. The van der Waals surface area contributed by atoms with Gasteiger partial charge in [-0.2, -0.15) is 4.31 Å². The van der Waals surface area contributed by atoms with Crippen molar-refractivity contribution in [3.8, 4) is 0 Å². The minimum absolute atomic E-state index is 0.00462. The lowest BCUT2D eigenvalue weighted by molar-refractivity contribution is 0.281. The van der Waals surface area contributed by atoms with E-state index in [4.69, 9.17) is 0 Å². The van der Waals surface area contributed by atoms with Crippen molar-refractivity contribution in [1.82, 2.24) is 4.31 Å². The number of hydrogen-bond donors (Lipinski definition) is 1. The highest BCUT2D eigenvalue weighted by Crippen LogP contribution is 2.37. The summed E-state index contributed by atoms with van der Waals surface area (Å²) in [6, 6.07) is 3.33. The normalized spacial score (nSPS) is 17.5. The van der Waals surface area contributed by atoms with Crippen LogP contribution >= 0.6 is 15.9 Å². The van der Waals surface area contributed by atoms with E-state index < -0.39 is 10.0 Å². The smallest absolute Gasteiger partial charge is 0.244 e. The molecular formula is C14H20BrNO3S. The van der Waals surface area contributed by atoms with E-state index in [1.165, 1.54) is 4.31 Å². The molecule has 0 amide bonds. The summed E-state index contributed by atoms with van der Waals surface area (Å²) in [7, 11) is -1.92. The Hall–Kier alpha value is -0.430. The maximum atomic E-state index is 12.8. The van der Waals surface area contributed by atoms with Crippen LogP contribution in [0.2, 0.25) is 0 Å². The summed E-state index contributed by atoms with van der Waals surface area (Å²) < 4.78 is 27.5. The lowest BCUT2D eigenvalue weighted by atomic mass is 10.1. The van der Waals surface area contributed by atoms with Gasteiger partial charge in [-0.25, -0.2) is 8.42 Å². The molecular weight excluding hydrogens is 342 g/mol. The second-order valence-corrected chi connectivity index (χ2v) is 8.24. The average Bonchev–Trinajstić information content (AvgIpc) is 3.24. The molecule has 1 aliphatic carbocycles. The largest absolute Gasteiger partial charge is 0.392 e. The van der Waals surface area contributed by atoms with Crippen LogP contribution in [0.1, 0.15) is 30.9 Å². The molecule has 2 rings (SSSR count). The van der Waals surface area contributed by atoms with Crippen molar-refractivity contribution in [3.63, 3.8) is 0 Å². The Balaban J connectivity index is 2.45. The SMILES string of the molecule is Cc1cc(CO)cc(S(=O)(=O)N(C)C(C)C2CC2)c1Br. The van der Waals surface area contributed by atoms with Gasteiger partial charge in [0, 0.05) is 17.6 Å². The maximum absolute atomic E-state index is 12.8. The van der Waals surface area contributed by atoms with E-state index in [1.54, 1.807) is 19.2 Å². The fourth-order valence-electron chi connectivity index (χ4n) is 2.34. The molecule has 1 saturated carbocycles. The summed E-state index contributed by atoms with van der Waals surface area (Å²) in [4.78, 5) is 0.233. The van der Waals surface area contributed by atoms with E-state index in [2.05, 4.69) is 15.9 Å². The molecule has 112 valence electrons. The second-order valence-electron chi connectivity index (χ2n) is 5.48. The zero-order chi connectivity index (χ0) is 15.1. The summed E-state index contributed by atoms with van der Waals surface area (Å²) in [6.07, 6.45) is 2.19. The van der Waals surface area contributed by atoms with Crippen LogP contribution in [0.4, 0.5) is 0 Å². The predicted octanol–water partition coefficient (Wildman–Crippen LogP) is 2.67. The van der Waals surface area contributed by atoms with Gasteiger partial charge in [0.2, 0.25) is 10.0 Å². The molecule has 0 radical (unpaired) electrons. The minimum Gasteiger partial charge on any atom is -0.392 e. The standard InChI is InChI=1S/C14H20BrNO3S/c1-9-6-11(8-17)7-13(14(9)15)20(18,19)16(3)10(2)12-4-5-12/h6-7,10,12,17H,4-5,8H2,1-3H3.